The summed E-state index contributed by atoms with van der Waals surface area (Å²) >= 11 is 0. The Labute approximate surface area is 102 Å². The van der Waals surface area contributed by atoms with Crippen molar-refractivity contribution in [3.63, 3.8) is 0 Å². The van der Waals surface area contributed by atoms with E-state index >= 15 is 0 Å². The Kier molecular flexibility index (Phi) is 2.99. The van der Waals surface area contributed by atoms with Crippen LogP contribution >= 0.6 is 0 Å². The highest BCUT2D eigenvalue weighted by atomic mass is 32.2. The van der Waals surface area contributed by atoms with Crippen LogP contribution < -0.4 is 0 Å². The number of pyridine rings is 1. The summed E-state index contributed by atoms with van der Waals surface area (Å²) in [6.07, 6.45) is 6.17. The summed E-state index contributed by atoms with van der Waals surface area (Å²) in [6, 6.07) is 1.82. The van der Waals surface area contributed by atoms with Gasteiger partial charge in [0.05, 0.1) is 5.25 Å². The Morgan fingerprint density at radius 3 is 2.76 bits per heavy atom. The van der Waals surface area contributed by atoms with Crippen molar-refractivity contribution in [2.75, 3.05) is 6.26 Å². The van der Waals surface area contributed by atoms with E-state index in [0.29, 0.717) is 18.4 Å². The van der Waals surface area contributed by atoms with Gasteiger partial charge in [-0.05, 0) is 31.7 Å². The fourth-order valence-corrected chi connectivity index (χ4v) is 4.20. The maximum absolute atomic E-state index is 11.7. The lowest BCUT2D eigenvalue weighted by molar-refractivity contribution is 0.0473. The molecule has 2 unspecified atom stereocenters. The van der Waals surface area contributed by atoms with Crippen molar-refractivity contribution >= 4 is 9.84 Å². The average Bonchev–Trinajstić information content (AvgIpc) is 2.61. The Balaban J connectivity index is 2.48. The zero-order valence-electron chi connectivity index (χ0n) is 10.0. The summed E-state index contributed by atoms with van der Waals surface area (Å²) in [5, 5.41) is 9.95. The van der Waals surface area contributed by atoms with Crippen molar-refractivity contribution in [1.82, 2.24) is 4.98 Å². The van der Waals surface area contributed by atoms with E-state index in [2.05, 4.69) is 4.98 Å². The minimum absolute atomic E-state index is 0.482. The Bertz CT molecular complexity index is 526. The van der Waals surface area contributed by atoms with Crippen LogP contribution in [0.25, 0.3) is 0 Å². The molecule has 2 rings (SSSR count). The number of aromatic nitrogens is 1. The smallest absolute Gasteiger partial charge is 0.153 e. The third-order valence-electron chi connectivity index (χ3n) is 3.45. The van der Waals surface area contributed by atoms with Crippen LogP contribution in [0, 0.1) is 6.92 Å². The van der Waals surface area contributed by atoms with Crippen molar-refractivity contribution in [3.8, 4) is 0 Å². The molecule has 0 radical (unpaired) electrons. The van der Waals surface area contributed by atoms with Gasteiger partial charge in [0, 0.05) is 24.2 Å². The van der Waals surface area contributed by atoms with Crippen LogP contribution in [0.4, 0.5) is 0 Å². The first-order valence-electron chi connectivity index (χ1n) is 5.67. The molecule has 1 saturated carbocycles. The summed E-state index contributed by atoms with van der Waals surface area (Å²) in [5.74, 6) is 0. The molecular weight excluding hydrogens is 238 g/mol. The van der Waals surface area contributed by atoms with E-state index in [-0.39, 0.29) is 0 Å². The quantitative estimate of drug-likeness (QED) is 0.861. The number of nitrogens with zero attached hydrogens (tertiary/aromatic N) is 1. The van der Waals surface area contributed by atoms with Crippen LogP contribution in [0.1, 0.15) is 30.4 Å². The zero-order valence-corrected chi connectivity index (χ0v) is 10.9. The van der Waals surface area contributed by atoms with Gasteiger partial charge in [0.1, 0.15) is 5.60 Å². The van der Waals surface area contributed by atoms with E-state index < -0.39 is 20.7 Å². The fourth-order valence-electron chi connectivity index (χ4n) is 2.65. The molecule has 1 aliphatic rings. The first-order chi connectivity index (χ1) is 7.84. The highest BCUT2D eigenvalue weighted by Crippen LogP contribution is 2.42. The van der Waals surface area contributed by atoms with Crippen molar-refractivity contribution in [3.05, 3.63) is 29.6 Å². The predicted molar refractivity (Wildman–Crippen MR) is 65.4 cm³/mol. The predicted octanol–water partition coefficient (Wildman–Crippen LogP) is 1.17. The van der Waals surface area contributed by atoms with Gasteiger partial charge in [-0.1, -0.05) is 6.07 Å². The minimum atomic E-state index is -3.25. The molecule has 0 aromatic carbocycles. The first-order valence-corrected chi connectivity index (χ1v) is 7.63. The molecular formula is C12H17NO3S. The second kappa shape index (κ2) is 4.07. The molecule has 5 heteroatoms. The number of rotatable bonds is 2. The summed E-state index contributed by atoms with van der Waals surface area (Å²) in [4.78, 5) is 4.04. The van der Waals surface area contributed by atoms with E-state index in [9.17, 15) is 13.5 Å². The fraction of sp³-hybridized carbons (Fsp3) is 0.583. The highest BCUT2D eigenvalue weighted by molar-refractivity contribution is 7.91. The van der Waals surface area contributed by atoms with Crippen LogP contribution in [-0.2, 0) is 15.4 Å². The maximum Gasteiger partial charge on any atom is 0.153 e. The first kappa shape index (κ1) is 12.5. The van der Waals surface area contributed by atoms with Crippen molar-refractivity contribution < 1.29 is 13.5 Å². The summed E-state index contributed by atoms with van der Waals surface area (Å²) in [7, 11) is -3.25. The second-order valence-corrected chi connectivity index (χ2v) is 7.11. The molecule has 0 aliphatic heterocycles. The molecule has 4 nitrogen and oxygen atoms in total. The average molecular weight is 255 g/mol. The Morgan fingerprint density at radius 2 is 2.18 bits per heavy atom. The van der Waals surface area contributed by atoms with E-state index in [1.165, 1.54) is 6.26 Å². The van der Waals surface area contributed by atoms with Gasteiger partial charge in [0.25, 0.3) is 0 Å². The van der Waals surface area contributed by atoms with Crippen LogP contribution in [0.15, 0.2) is 18.5 Å². The van der Waals surface area contributed by atoms with Gasteiger partial charge in [-0.15, -0.1) is 0 Å². The van der Waals surface area contributed by atoms with E-state index in [4.69, 9.17) is 0 Å². The SMILES string of the molecule is Cc1cncc(C2(O)CCCC2S(C)(=O)=O)c1. The number of aliphatic hydroxyl groups is 1. The van der Waals surface area contributed by atoms with Crippen molar-refractivity contribution in [1.29, 1.82) is 0 Å². The molecule has 1 aromatic heterocycles. The molecule has 17 heavy (non-hydrogen) atoms. The molecule has 1 aromatic rings. The van der Waals surface area contributed by atoms with Crippen LogP contribution in [0.5, 0.6) is 0 Å². The van der Waals surface area contributed by atoms with Gasteiger partial charge in [0.15, 0.2) is 9.84 Å². The second-order valence-electron chi connectivity index (χ2n) is 4.89. The standard InChI is InChI=1S/C12H17NO3S/c1-9-6-10(8-13-7-9)12(14)5-3-4-11(12)17(2,15)16/h6-8,11,14H,3-5H2,1-2H3. The van der Waals surface area contributed by atoms with Crippen LogP contribution in [0.3, 0.4) is 0 Å². The monoisotopic (exact) mass is 255 g/mol. The molecule has 1 N–H and O–H groups in total. The lowest BCUT2D eigenvalue weighted by Gasteiger charge is -2.29. The molecule has 0 amide bonds. The number of sulfone groups is 1. The van der Waals surface area contributed by atoms with Gasteiger partial charge in [-0.25, -0.2) is 8.42 Å². The van der Waals surface area contributed by atoms with E-state index in [1.807, 2.05) is 13.0 Å². The molecule has 2 atom stereocenters. The zero-order chi connectivity index (χ0) is 12.7. The van der Waals surface area contributed by atoms with Crippen molar-refractivity contribution in [2.45, 2.75) is 37.0 Å². The minimum Gasteiger partial charge on any atom is -0.384 e. The van der Waals surface area contributed by atoms with E-state index in [0.717, 1.165) is 12.0 Å². The van der Waals surface area contributed by atoms with Gasteiger partial charge >= 0.3 is 0 Å². The number of aryl methyl sites for hydroxylation is 1. The number of hydrogen-bond donors (Lipinski definition) is 1. The largest absolute Gasteiger partial charge is 0.384 e. The molecule has 0 spiro atoms. The molecule has 1 aliphatic carbocycles. The summed E-state index contributed by atoms with van der Waals surface area (Å²) in [5.41, 5.74) is 0.271. The van der Waals surface area contributed by atoms with Gasteiger partial charge in [-0.3, -0.25) is 4.98 Å². The molecule has 1 fully saturated rings. The number of hydrogen-bond acceptors (Lipinski definition) is 4. The lowest BCUT2D eigenvalue weighted by Crippen LogP contribution is -2.39. The third kappa shape index (κ3) is 2.21. The lowest BCUT2D eigenvalue weighted by atomic mass is 9.92. The van der Waals surface area contributed by atoms with Crippen LogP contribution in [0.2, 0.25) is 0 Å². The van der Waals surface area contributed by atoms with Gasteiger partial charge < -0.3 is 5.11 Å². The Morgan fingerprint density at radius 1 is 1.47 bits per heavy atom. The third-order valence-corrected chi connectivity index (χ3v) is 5.11. The normalized spacial score (nSPS) is 29.5. The summed E-state index contributed by atoms with van der Waals surface area (Å²) < 4.78 is 23.5. The highest BCUT2D eigenvalue weighted by Gasteiger charge is 2.48. The molecule has 94 valence electrons. The van der Waals surface area contributed by atoms with Gasteiger partial charge in [0.2, 0.25) is 0 Å². The van der Waals surface area contributed by atoms with Gasteiger partial charge in [-0.2, -0.15) is 0 Å². The molecule has 0 saturated heterocycles. The van der Waals surface area contributed by atoms with E-state index in [1.54, 1.807) is 12.4 Å². The van der Waals surface area contributed by atoms with Crippen LogP contribution in [-0.4, -0.2) is 30.0 Å². The topological polar surface area (TPSA) is 67.3 Å². The molecule has 0 bridgehead atoms. The Hall–Kier alpha value is -0.940. The maximum atomic E-state index is 11.7. The summed E-state index contributed by atoms with van der Waals surface area (Å²) in [6.45, 7) is 1.88. The molecule has 1 heterocycles. The van der Waals surface area contributed by atoms with Crippen molar-refractivity contribution in [2.24, 2.45) is 0 Å².